The SMILES string of the molecule is CC(=O)N1c2ccccc2[C@H](Nc2cccc(CCC(=O)OC(C)(C)C)c2)[C@@H](C)[C@@H]1C1CC1. The van der Waals surface area contributed by atoms with E-state index in [1.165, 1.54) is 12.8 Å². The summed E-state index contributed by atoms with van der Waals surface area (Å²) in [6.07, 6.45) is 3.38. The molecule has 1 saturated carbocycles. The van der Waals surface area contributed by atoms with Crippen molar-refractivity contribution in [3.63, 3.8) is 0 Å². The van der Waals surface area contributed by atoms with Crippen LogP contribution in [0.3, 0.4) is 0 Å². The number of hydrogen-bond acceptors (Lipinski definition) is 4. The van der Waals surface area contributed by atoms with E-state index in [0.717, 1.165) is 22.5 Å². The standard InChI is InChI=1S/C28H36N2O3/c1-18-26(23-11-6-7-12-24(23)30(19(2)31)27(18)21-14-15-21)29-22-10-8-9-20(17-22)13-16-25(32)33-28(3,4)5/h6-12,17-18,21,26-27,29H,13-16H2,1-5H3/t18-,26-,27-/m1/s1. The van der Waals surface area contributed by atoms with Gasteiger partial charge in [-0.15, -0.1) is 0 Å². The van der Waals surface area contributed by atoms with Crippen LogP contribution in [0, 0.1) is 11.8 Å². The molecule has 3 atom stereocenters. The van der Waals surface area contributed by atoms with Gasteiger partial charge in [-0.1, -0.05) is 37.3 Å². The van der Waals surface area contributed by atoms with Crippen LogP contribution in [0.5, 0.6) is 0 Å². The molecule has 2 aromatic rings. The normalized spacial score (nSPS) is 22.5. The average molecular weight is 449 g/mol. The van der Waals surface area contributed by atoms with Gasteiger partial charge in [0.1, 0.15) is 5.60 Å². The number of esters is 1. The lowest BCUT2D eigenvalue weighted by molar-refractivity contribution is -0.154. The van der Waals surface area contributed by atoms with Crippen LogP contribution in [-0.2, 0) is 20.7 Å². The topological polar surface area (TPSA) is 58.6 Å². The Labute approximate surface area is 197 Å². The number of fused-ring (bicyclic) bond motifs is 1. The number of nitrogens with one attached hydrogen (secondary N) is 1. The highest BCUT2D eigenvalue weighted by atomic mass is 16.6. The molecule has 2 aliphatic rings. The zero-order chi connectivity index (χ0) is 23.8. The fraction of sp³-hybridized carbons (Fsp3) is 0.500. The summed E-state index contributed by atoms with van der Waals surface area (Å²) >= 11 is 0. The smallest absolute Gasteiger partial charge is 0.306 e. The molecule has 33 heavy (non-hydrogen) atoms. The lowest BCUT2D eigenvalue weighted by Crippen LogP contribution is -2.51. The van der Waals surface area contributed by atoms with E-state index in [4.69, 9.17) is 4.74 Å². The molecule has 0 radical (unpaired) electrons. The molecule has 0 unspecified atom stereocenters. The van der Waals surface area contributed by atoms with Crippen LogP contribution in [0.25, 0.3) is 0 Å². The van der Waals surface area contributed by atoms with E-state index in [1.807, 2.05) is 43.9 Å². The van der Waals surface area contributed by atoms with E-state index in [2.05, 4.69) is 42.6 Å². The van der Waals surface area contributed by atoms with Gasteiger partial charge in [0.15, 0.2) is 0 Å². The highest BCUT2D eigenvalue weighted by Gasteiger charge is 2.47. The molecular weight excluding hydrogens is 412 g/mol. The summed E-state index contributed by atoms with van der Waals surface area (Å²) in [4.78, 5) is 26.8. The van der Waals surface area contributed by atoms with Crippen molar-refractivity contribution in [3.8, 4) is 0 Å². The number of carbonyl (C=O) groups excluding carboxylic acids is 2. The number of aryl methyl sites for hydroxylation is 1. The molecule has 2 aromatic carbocycles. The molecule has 1 aliphatic heterocycles. The fourth-order valence-electron chi connectivity index (χ4n) is 5.15. The van der Waals surface area contributed by atoms with Gasteiger partial charge in [-0.2, -0.15) is 0 Å². The van der Waals surface area contributed by atoms with Crippen molar-refractivity contribution in [2.24, 2.45) is 11.8 Å². The first-order valence-electron chi connectivity index (χ1n) is 12.1. The van der Waals surface area contributed by atoms with Gasteiger partial charge in [-0.25, -0.2) is 0 Å². The number of nitrogens with zero attached hydrogens (tertiary/aromatic N) is 1. The summed E-state index contributed by atoms with van der Waals surface area (Å²) < 4.78 is 5.45. The number of hydrogen-bond donors (Lipinski definition) is 1. The summed E-state index contributed by atoms with van der Waals surface area (Å²) in [5, 5.41) is 3.77. The predicted octanol–water partition coefficient (Wildman–Crippen LogP) is 5.90. The van der Waals surface area contributed by atoms with Gasteiger partial charge in [0, 0.05) is 36.7 Å². The first-order chi connectivity index (χ1) is 15.6. The van der Waals surface area contributed by atoms with Gasteiger partial charge in [0.25, 0.3) is 0 Å². The third kappa shape index (κ3) is 5.40. The number of para-hydroxylation sites is 1. The number of ether oxygens (including phenoxy) is 1. The summed E-state index contributed by atoms with van der Waals surface area (Å²) in [5.74, 6) is 0.796. The van der Waals surface area contributed by atoms with Crippen LogP contribution < -0.4 is 10.2 Å². The molecule has 0 bridgehead atoms. The van der Waals surface area contributed by atoms with E-state index in [-0.39, 0.29) is 29.9 Å². The van der Waals surface area contributed by atoms with Crippen LogP contribution in [0.15, 0.2) is 48.5 Å². The van der Waals surface area contributed by atoms with Crippen LogP contribution in [-0.4, -0.2) is 23.5 Å². The Balaban J connectivity index is 1.54. The molecule has 1 heterocycles. The maximum Gasteiger partial charge on any atom is 0.306 e. The van der Waals surface area contributed by atoms with Crippen LogP contribution >= 0.6 is 0 Å². The summed E-state index contributed by atoms with van der Waals surface area (Å²) in [5.41, 5.74) is 3.87. The zero-order valence-electron chi connectivity index (χ0n) is 20.4. The molecule has 0 saturated heterocycles. The maximum atomic E-state index is 12.6. The van der Waals surface area contributed by atoms with Crippen molar-refractivity contribution in [3.05, 3.63) is 59.7 Å². The van der Waals surface area contributed by atoms with Gasteiger partial charge in [-0.3, -0.25) is 9.59 Å². The van der Waals surface area contributed by atoms with Gasteiger partial charge in [0.2, 0.25) is 5.91 Å². The molecule has 0 aromatic heterocycles. The zero-order valence-corrected chi connectivity index (χ0v) is 20.4. The Morgan fingerprint density at radius 1 is 1.09 bits per heavy atom. The second-order valence-electron chi connectivity index (χ2n) is 10.5. The maximum absolute atomic E-state index is 12.6. The monoisotopic (exact) mass is 448 g/mol. The second kappa shape index (κ2) is 9.20. The second-order valence-corrected chi connectivity index (χ2v) is 10.5. The van der Waals surface area contributed by atoms with Crippen LogP contribution in [0.2, 0.25) is 0 Å². The van der Waals surface area contributed by atoms with Gasteiger partial charge >= 0.3 is 5.97 Å². The number of benzene rings is 2. The van der Waals surface area contributed by atoms with Crippen molar-refractivity contribution in [1.82, 2.24) is 0 Å². The van der Waals surface area contributed by atoms with Gasteiger partial charge < -0.3 is 15.0 Å². The van der Waals surface area contributed by atoms with E-state index in [0.29, 0.717) is 18.8 Å². The first-order valence-corrected chi connectivity index (χ1v) is 12.1. The first kappa shape index (κ1) is 23.3. The Morgan fingerprint density at radius 3 is 2.48 bits per heavy atom. The molecule has 1 aliphatic carbocycles. The van der Waals surface area contributed by atoms with Gasteiger partial charge in [-0.05, 0) is 75.3 Å². The molecule has 1 fully saturated rings. The van der Waals surface area contributed by atoms with E-state index >= 15 is 0 Å². The molecule has 4 rings (SSSR count). The Hall–Kier alpha value is -2.82. The lowest BCUT2D eigenvalue weighted by atomic mass is 9.80. The Morgan fingerprint density at radius 2 is 1.82 bits per heavy atom. The fourth-order valence-corrected chi connectivity index (χ4v) is 5.15. The summed E-state index contributed by atoms with van der Waals surface area (Å²) in [6.45, 7) is 9.61. The van der Waals surface area contributed by atoms with Gasteiger partial charge in [0.05, 0.1) is 6.04 Å². The van der Waals surface area contributed by atoms with Crippen molar-refractivity contribution < 1.29 is 14.3 Å². The van der Waals surface area contributed by atoms with E-state index in [1.54, 1.807) is 6.92 Å². The van der Waals surface area contributed by atoms with Crippen molar-refractivity contribution in [2.45, 2.75) is 78.0 Å². The molecule has 1 N–H and O–H groups in total. The average Bonchev–Trinajstić information content (AvgIpc) is 3.58. The quantitative estimate of drug-likeness (QED) is 0.559. The third-order valence-corrected chi connectivity index (χ3v) is 6.63. The molecule has 5 nitrogen and oxygen atoms in total. The summed E-state index contributed by atoms with van der Waals surface area (Å²) in [7, 11) is 0. The van der Waals surface area contributed by atoms with E-state index < -0.39 is 5.60 Å². The van der Waals surface area contributed by atoms with Crippen molar-refractivity contribution in [1.29, 1.82) is 0 Å². The van der Waals surface area contributed by atoms with E-state index in [9.17, 15) is 9.59 Å². The minimum Gasteiger partial charge on any atom is -0.460 e. The number of anilines is 2. The molecule has 5 heteroatoms. The molecular formula is C28H36N2O3. The molecule has 176 valence electrons. The number of carbonyl (C=O) groups is 2. The van der Waals surface area contributed by atoms with Crippen LogP contribution in [0.1, 0.15) is 71.0 Å². The minimum atomic E-state index is -0.461. The largest absolute Gasteiger partial charge is 0.460 e. The lowest BCUT2D eigenvalue weighted by Gasteiger charge is -2.46. The predicted molar refractivity (Wildman–Crippen MR) is 132 cm³/mol. The minimum absolute atomic E-state index is 0.114. The number of rotatable bonds is 6. The third-order valence-electron chi connectivity index (χ3n) is 6.63. The number of amides is 1. The molecule has 0 spiro atoms. The summed E-state index contributed by atoms with van der Waals surface area (Å²) in [6, 6.07) is 16.9. The Kier molecular flexibility index (Phi) is 6.51. The van der Waals surface area contributed by atoms with Crippen molar-refractivity contribution in [2.75, 3.05) is 10.2 Å². The highest BCUT2D eigenvalue weighted by molar-refractivity contribution is 5.94. The van der Waals surface area contributed by atoms with Crippen molar-refractivity contribution >= 4 is 23.3 Å². The molecule has 1 amide bonds. The Bertz CT molecular complexity index is 1020. The highest BCUT2D eigenvalue weighted by Crippen LogP contribution is 2.49. The van der Waals surface area contributed by atoms with Crippen LogP contribution in [0.4, 0.5) is 11.4 Å².